The fraction of sp³-hybridized carbons (Fsp3) is 0.714. The van der Waals surface area contributed by atoms with Crippen LogP contribution < -0.4 is 9.47 Å². The van der Waals surface area contributed by atoms with Gasteiger partial charge in [-0.3, -0.25) is 0 Å². The highest BCUT2D eigenvalue weighted by Gasteiger charge is 2.43. The monoisotopic (exact) mass is 282 g/mol. The van der Waals surface area contributed by atoms with Crippen molar-refractivity contribution in [3.05, 3.63) is 11.9 Å². The molecule has 6 heteroatoms. The van der Waals surface area contributed by atoms with Crippen LogP contribution in [-0.2, 0) is 4.74 Å². The first kappa shape index (κ1) is 15.0. The van der Waals surface area contributed by atoms with Gasteiger partial charge in [0.25, 0.3) is 0 Å². The molecule has 112 valence electrons. The highest BCUT2D eigenvalue weighted by atomic mass is 16.5. The maximum atomic E-state index is 10.7. The number of hydrogen-bond donors (Lipinski definition) is 1. The molecule has 6 nitrogen and oxygen atoms in total. The first-order chi connectivity index (χ1) is 9.49. The minimum absolute atomic E-state index is 0.0383. The smallest absolute Gasteiger partial charge is 0.241 e. The second kappa shape index (κ2) is 5.93. The quantitative estimate of drug-likeness (QED) is 0.904. The minimum atomic E-state index is -0.779. The summed E-state index contributed by atoms with van der Waals surface area (Å²) in [5, 5.41) is 10.7. The number of aliphatic hydroxyl groups is 1. The molecule has 0 aliphatic carbocycles. The highest BCUT2D eigenvalue weighted by Crippen LogP contribution is 2.41. The molecule has 0 amide bonds. The summed E-state index contributed by atoms with van der Waals surface area (Å²) < 4.78 is 16.0. The predicted octanol–water partition coefficient (Wildman–Crippen LogP) is 1.59. The van der Waals surface area contributed by atoms with E-state index < -0.39 is 6.10 Å². The highest BCUT2D eigenvalue weighted by molar-refractivity contribution is 5.25. The molecule has 20 heavy (non-hydrogen) atoms. The van der Waals surface area contributed by atoms with Gasteiger partial charge in [0.1, 0.15) is 11.8 Å². The van der Waals surface area contributed by atoms with E-state index in [-0.39, 0.29) is 29.9 Å². The van der Waals surface area contributed by atoms with Crippen molar-refractivity contribution in [3.8, 4) is 11.8 Å². The molecule has 0 aromatic carbocycles. The van der Waals surface area contributed by atoms with Crippen LogP contribution in [0.5, 0.6) is 11.8 Å². The fourth-order valence-electron chi connectivity index (χ4n) is 2.84. The summed E-state index contributed by atoms with van der Waals surface area (Å²) in [6.07, 6.45) is 0.777. The van der Waals surface area contributed by atoms with Crippen molar-refractivity contribution >= 4 is 0 Å². The van der Waals surface area contributed by atoms with Crippen molar-refractivity contribution in [1.29, 1.82) is 0 Å². The SMILES string of the molecule is COc1cnc(C(O)C2C(C)OC(C)C2C)c(OC)n1. The Hall–Kier alpha value is -1.40. The molecular formula is C14H22N2O4. The van der Waals surface area contributed by atoms with E-state index in [1.54, 1.807) is 0 Å². The van der Waals surface area contributed by atoms with Gasteiger partial charge in [-0.25, -0.2) is 4.98 Å². The van der Waals surface area contributed by atoms with Gasteiger partial charge in [0, 0.05) is 5.92 Å². The molecule has 2 rings (SSSR count). The summed E-state index contributed by atoms with van der Waals surface area (Å²) in [5.74, 6) is 0.834. The molecule has 1 N–H and O–H groups in total. The molecule has 2 heterocycles. The van der Waals surface area contributed by atoms with Gasteiger partial charge in [-0.1, -0.05) is 6.92 Å². The first-order valence-corrected chi connectivity index (χ1v) is 6.78. The van der Waals surface area contributed by atoms with Crippen LogP contribution in [0, 0.1) is 11.8 Å². The molecule has 5 atom stereocenters. The van der Waals surface area contributed by atoms with E-state index in [2.05, 4.69) is 16.9 Å². The van der Waals surface area contributed by atoms with E-state index in [0.717, 1.165) is 0 Å². The van der Waals surface area contributed by atoms with Crippen LogP contribution >= 0.6 is 0 Å². The van der Waals surface area contributed by atoms with Gasteiger partial charge in [-0.2, -0.15) is 4.98 Å². The van der Waals surface area contributed by atoms with Gasteiger partial charge in [-0.05, 0) is 19.8 Å². The standard InChI is InChI=1S/C14H22N2O4/c1-7-8(2)20-9(3)11(7)13(17)12-14(19-5)16-10(18-4)6-15-12/h6-9,11,13,17H,1-5H3. The third kappa shape index (κ3) is 2.58. The van der Waals surface area contributed by atoms with Crippen LogP contribution in [0.4, 0.5) is 0 Å². The van der Waals surface area contributed by atoms with Gasteiger partial charge in [-0.15, -0.1) is 0 Å². The molecule has 1 aliphatic rings. The number of methoxy groups -OCH3 is 2. The Labute approximate surface area is 119 Å². The average Bonchev–Trinajstić information content (AvgIpc) is 2.70. The first-order valence-electron chi connectivity index (χ1n) is 6.78. The second-order valence-electron chi connectivity index (χ2n) is 5.23. The Balaban J connectivity index is 2.31. The number of rotatable bonds is 4. The number of aliphatic hydroxyl groups excluding tert-OH is 1. The number of aromatic nitrogens is 2. The maximum absolute atomic E-state index is 10.7. The molecule has 5 unspecified atom stereocenters. The summed E-state index contributed by atoms with van der Waals surface area (Å²) >= 11 is 0. The third-order valence-electron chi connectivity index (χ3n) is 4.11. The van der Waals surface area contributed by atoms with E-state index in [1.807, 2.05) is 13.8 Å². The van der Waals surface area contributed by atoms with E-state index in [0.29, 0.717) is 11.6 Å². The van der Waals surface area contributed by atoms with Crippen molar-refractivity contribution in [3.63, 3.8) is 0 Å². The van der Waals surface area contributed by atoms with Crippen molar-refractivity contribution in [2.24, 2.45) is 11.8 Å². The van der Waals surface area contributed by atoms with Gasteiger partial charge in [0.05, 0.1) is 32.6 Å². The summed E-state index contributed by atoms with van der Waals surface area (Å²) in [6, 6.07) is 0. The van der Waals surface area contributed by atoms with Crippen molar-refractivity contribution in [2.75, 3.05) is 14.2 Å². The molecule has 0 bridgehead atoms. The van der Waals surface area contributed by atoms with Crippen molar-refractivity contribution < 1.29 is 19.3 Å². The zero-order valence-electron chi connectivity index (χ0n) is 12.5. The Morgan fingerprint density at radius 2 is 1.90 bits per heavy atom. The molecular weight excluding hydrogens is 260 g/mol. The van der Waals surface area contributed by atoms with Crippen LogP contribution in [-0.4, -0.2) is 41.5 Å². The van der Waals surface area contributed by atoms with Gasteiger partial charge in [0.2, 0.25) is 11.8 Å². The van der Waals surface area contributed by atoms with E-state index >= 15 is 0 Å². The zero-order valence-corrected chi connectivity index (χ0v) is 12.5. The second-order valence-corrected chi connectivity index (χ2v) is 5.23. The lowest BCUT2D eigenvalue weighted by Gasteiger charge is -2.24. The normalized spacial score (nSPS) is 31.1. The van der Waals surface area contributed by atoms with E-state index in [9.17, 15) is 5.11 Å². The summed E-state index contributed by atoms with van der Waals surface area (Å²) in [5.41, 5.74) is 0.426. The average molecular weight is 282 g/mol. The zero-order chi connectivity index (χ0) is 14.9. The Kier molecular flexibility index (Phi) is 4.45. The van der Waals surface area contributed by atoms with Crippen molar-refractivity contribution in [1.82, 2.24) is 9.97 Å². The summed E-state index contributed by atoms with van der Waals surface area (Å²) in [7, 11) is 3.01. The summed E-state index contributed by atoms with van der Waals surface area (Å²) in [4.78, 5) is 8.40. The number of ether oxygens (including phenoxy) is 3. The maximum Gasteiger partial charge on any atom is 0.241 e. The number of hydrogen-bond acceptors (Lipinski definition) is 6. The van der Waals surface area contributed by atoms with Crippen LogP contribution in [0.3, 0.4) is 0 Å². The van der Waals surface area contributed by atoms with Crippen LogP contribution in [0.1, 0.15) is 32.6 Å². The molecule has 1 aromatic rings. The molecule has 0 spiro atoms. The fourth-order valence-corrected chi connectivity index (χ4v) is 2.84. The minimum Gasteiger partial charge on any atom is -0.480 e. The lowest BCUT2D eigenvalue weighted by molar-refractivity contribution is 0.0207. The van der Waals surface area contributed by atoms with E-state index in [4.69, 9.17) is 14.2 Å². The Morgan fingerprint density at radius 1 is 1.20 bits per heavy atom. The van der Waals surface area contributed by atoms with Gasteiger partial charge < -0.3 is 19.3 Å². The molecule has 1 aromatic heterocycles. The molecule has 0 saturated carbocycles. The van der Waals surface area contributed by atoms with E-state index in [1.165, 1.54) is 20.4 Å². The third-order valence-corrected chi connectivity index (χ3v) is 4.11. The van der Waals surface area contributed by atoms with Gasteiger partial charge >= 0.3 is 0 Å². The lowest BCUT2D eigenvalue weighted by Crippen LogP contribution is -2.26. The summed E-state index contributed by atoms with van der Waals surface area (Å²) in [6.45, 7) is 6.06. The van der Waals surface area contributed by atoms with Crippen LogP contribution in [0.25, 0.3) is 0 Å². The molecule has 1 saturated heterocycles. The van der Waals surface area contributed by atoms with Crippen molar-refractivity contribution in [2.45, 2.75) is 39.1 Å². The Morgan fingerprint density at radius 3 is 2.40 bits per heavy atom. The van der Waals surface area contributed by atoms with Crippen LogP contribution in [0.15, 0.2) is 6.20 Å². The topological polar surface area (TPSA) is 73.7 Å². The predicted molar refractivity (Wildman–Crippen MR) is 72.8 cm³/mol. The molecule has 0 radical (unpaired) electrons. The van der Waals surface area contributed by atoms with Crippen LogP contribution in [0.2, 0.25) is 0 Å². The number of nitrogens with zero attached hydrogens (tertiary/aromatic N) is 2. The van der Waals surface area contributed by atoms with Gasteiger partial charge in [0.15, 0.2) is 0 Å². The molecule has 1 fully saturated rings. The molecule has 1 aliphatic heterocycles. The lowest BCUT2D eigenvalue weighted by atomic mass is 9.84. The Bertz CT molecular complexity index is 468. The largest absolute Gasteiger partial charge is 0.480 e.